The van der Waals surface area contributed by atoms with Gasteiger partial charge in [0.25, 0.3) is 11.5 Å². The lowest BCUT2D eigenvalue weighted by molar-refractivity contribution is 0.0994. The summed E-state index contributed by atoms with van der Waals surface area (Å²) in [4.78, 5) is 33.2. The largest absolute Gasteiger partial charge is 0.454 e. The molecule has 0 aliphatic heterocycles. The monoisotopic (exact) mass is 366 g/mol. The first-order valence-corrected chi connectivity index (χ1v) is 8.74. The Labute approximate surface area is 151 Å². The number of nitrogens with one attached hydrogen (secondary N) is 1. The van der Waals surface area contributed by atoms with Crippen molar-refractivity contribution in [2.45, 2.75) is 13.5 Å². The van der Waals surface area contributed by atoms with Gasteiger partial charge in [-0.2, -0.15) is 0 Å². The number of fused-ring (bicyclic) bond motifs is 1. The first-order valence-electron chi connectivity index (χ1n) is 7.86. The molecule has 1 amide bonds. The number of thiazole rings is 1. The summed E-state index contributed by atoms with van der Waals surface area (Å²) in [6.45, 7) is 2.05. The molecule has 1 N–H and O–H groups in total. The van der Waals surface area contributed by atoms with Gasteiger partial charge in [-0.3, -0.25) is 19.5 Å². The van der Waals surface area contributed by atoms with Crippen molar-refractivity contribution in [1.29, 1.82) is 0 Å². The van der Waals surface area contributed by atoms with Gasteiger partial charge in [0.15, 0.2) is 10.9 Å². The van der Waals surface area contributed by atoms with Crippen LogP contribution in [0.1, 0.15) is 22.0 Å². The highest BCUT2D eigenvalue weighted by atomic mass is 32.1. The van der Waals surface area contributed by atoms with Crippen LogP contribution in [0.25, 0.3) is 10.9 Å². The predicted molar refractivity (Wildman–Crippen MR) is 98.6 cm³/mol. The summed E-state index contributed by atoms with van der Waals surface area (Å²) < 4.78 is 7.02. The maximum Gasteiger partial charge on any atom is 0.293 e. The van der Waals surface area contributed by atoms with Crippen LogP contribution in [0.3, 0.4) is 0 Å². The number of carbonyl (C=O) groups is 1. The van der Waals surface area contributed by atoms with E-state index in [-0.39, 0.29) is 23.8 Å². The second-order valence-corrected chi connectivity index (χ2v) is 6.57. The molecule has 4 aromatic rings. The molecule has 0 aliphatic rings. The molecule has 7 nitrogen and oxygen atoms in total. The van der Waals surface area contributed by atoms with E-state index in [1.54, 1.807) is 30.3 Å². The van der Waals surface area contributed by atoms with E-state index in [0.717, 1.165) is 5.69 Å². The molecule has 0 saturated heterocycles. The zero-order valence-electron chi connectivity index (χ0n) is 13.8. The minimum absolute atomic E-state index is 0.156. The standard InChI is InChI=1S/C18H14N4O3S/c1-11-9-26-18(20-11)21-16(23)15-7-6-12(25-15)8-22-10-19-14-5-3-2-4-13(14)17(22)24/h2-7,9-10H,8H2,1H3,(H,20,21,23). The maximum atomic E-state index is 12.5. The van der Waals surface area contributed by atoms with Crippen molar-refractivity contribution < 1.29 is 9.21 Å². The van der Waals surface area contributed by atoms with Gasteiger partial charge >= 0.3 is 0 Å². The molecular formula is C18H14N4O3S. The van der Waals surface area contributed by atoms with Crippen LogP contribution < -0.4 is 10.9 Å². The molecule has 8 heteroatoms. The van der Waals surface area contributed by atoms with Crippen LogP contribution in [0.2, 0.25) is 0 Å². The normalized spacial score (nSPS) is 11.0. The van der Waals surface area contributed by atoms with E-state index in [2.05, 4.69) is 15.3 Å². The van der Waals surface area contributed by atoms with Gasteiger partial charge in [-0.15, -0.1) is 11.3 Å². The average Bonchev–Trinajstić information content (AvgIpc) is 3.27. The van der Waals surface area contributed by atoms with Crippen LogP contribution in [-0.2, 0) is 6.54 Å². The van der Waals surface area contributed by atoms with Crippen LogP contribution in [0.4, 0.5) is 5.13 Å². The number of aryl methyl sites for hydroxylation is 1. The molecule has 0 unspecified atom stereocenters. The molecule has 3 heterocycles. The van der Waals surface area contributed by atoms with E-state index in [1.165, 1.54) is 22.2 Å². The summed E-state index contributed by atoms with van der Waals surface area (Å²) in [5, 5.41) is 5.59. The lowest BCUT2D eigenvalue weighted by Gasteiger charge is -2.04. The number of carbonyl (C=O) groups excluding carboxylic acids is 1. The number of hydrogen-bond donors (Lipinski definition) is 1. The number of hydrogen-bond acceptors (Lipinski definition) is 6. The van der Waals surface area contributed by atoms with Crippen molar-refractivity contribution in [2.75, 3.05) is 5.32 Å². The Morgan fingerprint density at radius 1 is 1.27 bits per heavy atom. The van der Waals surface area contributed by atoms with Gasteiger partial charge in [0, 0.05) is 5.38 Å². The molecule has 130 valence electrons. The fourth-order valence-electron chi connectivity index (χ4n) is 2.54. The van der Waals surface area contributed by atoms with E-state index < -0.39 is 0 Å². The number of benzene rings is 1. The first kappa shape index (κ1) is 16.2. The molecule has 0 fully saturated rings. The van der Waals surface area contributed by atoms with Crippen molar-refractivity contribution in [3.8, 4) is 0 Å². The second kappa shape index (κ2) is 6.57. The van der Waals surface area contributed by atoms with E-state index in [4.69, 9.17) is 4.42 Å². The highest BCUT2D eigenvalue weighted by Crippen LogP contribution is 2.17. The first-order chi connectivity index (χ1) is 12.6. The lowest BCUT2D eigenvalue weighted by Crippen LogP contribution is -2.20. The number of para-hydroxylation sites is 1. The van der Waals surface area contributed by atoms with Crippen molar-refractivity contribution >= 4 is 33.3 Å². The molecule has 1 aromatic carbocycles. The van der Waals surface area contributed by atoms with Crippen LogP contribution in [0.5, 0.6) is 0 Å². The number of nitrogens with zero attached hydrogens (tertiary/aromatic N) is 3. The molecular weight excluding hydrogens is 352 g/mol. The van der Waals surface area contributed by atoms with Crippen molar-refractivity contribution in [3.05, 3.63) is 75.7 Å². The number of amides is 1. The highest BCUT2D eigenvalue weighted by molar-refractivity contribution is 7.13. The summed E-state index contributed by atoms with van der Waals surface area (Å²) in [6, 6.07) is 10.4. The molecule has 4 rings (SSSR count). The van der Waals surface area contributed by atoms with Crippen molar-refractivity contribution in [3.63, 3.8) is 0 Å². The van der Waals surface area contributed by atoms with E-state index >= 15 is 0 Å². The zero-order chi connectivity index (χ0) is 18.1. The molecule has 0 saturated carbocycles. The fourth-order valence-corrected chi connectivity index (χ4v) is 3.22. The number of aromatic nitrogens is 3. The lowest BCUT2D eigenvalue weighted by atomic mass is 10.2. The van der Waals surface area contributed by atoms with Gasteiger partial charge in [0.05, 0.1) is 29.5 Å². The highest BCUT2D eigenvalue weighted by Gasteiger charge is 2.14. The third-order valence-corrected chi connectivity index (χ3v) is 4.66. The number of rotatable bonds is 4. The zero-order valence-corrected chi connectivity index (χ0v) is 14.6. The minimum Gasteiger partial charge on any atom is -0.454 e. The van der Waals surface area contributed by atoms with Gasteiger partial charge in [-0.1, -0.05) is 12.1 Å². The minimum atomic E-state index is -0.380. The van der Waals surface area contributed by atoms with E-state index in [1.807, 2.05) is 18.4 Å². The number of furan rings is 1. The van der Waals surface area contributed by atoms with Crippen LogP contribution in [0, 0.1) is 6.92 Å². The summed E-state index contributed by atoms with van der Waals surface area (Å²) in [5.41, 5.74) is 1.33. The van der Waals surface area contributed by atoms with Gasteiger partial charge in [0.2, 0.25) is 0 Å². The van der Waals surface area contributed by atoms with E-state index in [0.29, 0.717) is 21.8 Å². The van der Waals surface area contributed by atoms with Crippen LogP contribution in [0.15, 0.2) is 57.3 Å². The Hall–Kier alpha value is -3.26. The van der Waals surface area contributed by atoms with E-state index in [9.17, 15) is 9.59 Å². The average molecular weight is 366 g/mol. The maximum absolute atomic E-state index is 12.5. The summed E-state index contributed by atoms with van der Waals surface area (Å²) >= 11 is 1.35. The topological polar surface area (TPSA) is 90.0 Å². The molecule has 0 aliphatic carbocycles. The summed E-state index contributed by atoms with van der Waals surface area (Å²) in [5.74, 6) is 0.272. The van der Waals surface area contributed by atoms with Gasteiger partial charge in [-0.05, 0) is 31.2 Å². The molecule has 0 radical (unpaired) electrons. The smallest absolute Gasteiger partial charge is 0.293 e. The number of anilines is 1. The Balaban J connectivity index is 1.54. The fraction of sp³-hybridized carbons (Fsp3) is 0.111. The third-order valence-electron chi connectivity index (χ3n) is 3.78. The Morgan fingerprint density at radius 3 is 2.92 bits per heavy atom. The Bertz CT molecular complexity index is 1160. The molecule has 0 spiro atoms. The van der Waals surface area contributed by atoms with Gasteiger partial charge < -0.3 is 4.42 Å². The van der Waals surface area contributed by atoms with Crippen LogP contribution in [-0.4, -0.2) is 20.4 Å². The van der Waals surface area contributed by atoms with Gasteiger partial charge in [-0.25, -0.2) is 9.97 Å². The molecule has 3 aromatic heterocycles. The third kappa shape index (κ3) is 3.14. The molecule has 0 bridgehead atoms. The van der Waals surface area contributed by atoms with Crippen LogP contribution >= 0.6 is 11.3 Å². The second-order valence-electron chi connectivity index (χ2n) is 5.71. The molecule has 0 atom stereocenters. The van der Waals surface area contributed by atoms with Crippen molar-refractivity contribution in [1.82, 2.24) is 14.5 Å². The Morgan fingerprint density at radius 2 is 2.12 bits per heavy atom. The quantitative estimate of drug-likeness (QED) is 0.599. The van der Waals surface area contributed by atoms with Crippen molar-refractivity contribution in [2.24, 2.45) is 0 Å². The summed E-state index contributed by atoms with van der Waals surface area (Å²) in [7, 11) is 0. The van der Waals surface area contributed by atoms with Gasteiger partial charge in [0.1, 0.15) is 5.76 Å². The molecule has 26 heavy (non-hydrogen) atoms. The predicted octanol–water partition coefficient (Wildman–Crippen LogP) is 3.06. The summed E-state index contributed by atoms with van der Waals surface area (Å²) in [6.07, 6.45) is 1.48. The Kier molecular flexibility index (Phi) is 4.10. The SMILES string of the molecule is Cc1csc(NC(=O)c2ccc(Cn3cnc4ccccc4c3=O)o2)n1.